The van der Waals surface area contributed by atoms with Crippen LogP contribution in [-0.4, -0.2) is 35.6 Å². The molecule has 0 spiro atoms. The van der Waals surface area contributed by atoms with Crippen molar-refractivity contribution in [3.63, 3.8) is 0 Å². The van der Waals surface area contributed by atoms with Crippen LogP contribution >= 0.6 is 0 Å². The number of nitrogens with one attached hydrogen (secondary N) is 1. The molecule has 0 radical (unpaired) electrons. The summed E-state index contributed by atoms with van der Waals surface area (Å²) in [4.78, 5) is 10.5. The standard InChI is InChI=1S/C12H20N4/c1-3-15-12-4-5-16(8-10(12)2)11-6-13-9-14-7-11/h6-7,9-10,12,15H,3-5,8H2,1-2H3. The normalized spacial score (nSPS) is 25.8. The highest BCUT2D eigenvalue weighted by Gasteiger charge is 2.25. The number of nitrogens with zero attached hydrogens (tertiary/aromatic N) is 3. The Bertz CT molecular complexity index is 314. The predicted octanol–water partition coefficient (Wildman–Crippen LogP) is 1.30. The molecule has 4 heteroatoms. The predicted molar refractivity (Wildman–Crippen MR) is 65.5 cm³/mol. The Morgan fingerprint density at radius 2 is 2.19 bits per heavy atom. The molecule has 88 valence electrons. The summed E-state index contributed by atoms with van der Waals surface area (Å²) in [5, 5.41) is 3.55. The van der Waals surface area contributed by atoms with Crippen LogP contribution in [0, 0.1) is 5.92 Å². The lowest BCUT2D eigenvalue weighted by atomic mass is 9.93. The van der Waals surface area contributed by atoms with Gasteiger partial charge in [-0.3, -0.25) is 0 Å². The minimum Gasteiger partial charge on any atom is -0.369 e. The summed E-state index contributed by atoms with van der Waals surface area (Å²) >= 11 is 0. The van der Waals surface area contributed by atoms with Crippen molar-refractivity contribution in [1.29, 1.82) is 0 Å². The highest BCUT2D eigenvalue weighted by atomic mass is 15.2. The van der Waals surface area contributed by atoms with Gasteiger partial charge in [-0.15, -0.1) is 0 Å². The van der Waals surface area contributed by atoms with Crippen LogP contribution in [0.1, 0.15) is 20.3 Å². The van der Waals surface area contributed by atoms with Gasteiger partial charge < -0.3 is 10.2 Å². The first-order chi connectivity index (χ1) is 7.81. The van der Waals surface area contributed by atoms with Crippen molar-refractivity contribution >= 4 is 5.69 Å². The van der Waals surface area contributed by atoms with E-state index in [9.17, 15) is 0 Å². The molecule has 1 fully saturated rings. The van der Waals surface area contributed by atoms with Gasteiger partial charge in [0.15, 0.2) is 0 Å². The smallest absolute Gasteiger partial charge is 0.115 e. The first kappa shape index (κ1) is 11.3. The lowest BCUT2D eigenvalue weighted by Gasteiger charge is -2.38. The van der Waals surface area contributed by atoms with Crippen LogP contribution in [-0.2, 0) is 0 Å². The van der Waals surface area contributed by atoms with Crippen LogP contribution in [0.3, 0.4) is 0 Å². The lowest BCUT2D eigenvalue weighted by molar-refractivity contribution is 0.326. The summed E-state index contributed by atoms with van der Waals surface area (Å²) in [5.41, 5.74) is 1.14. The van der Waals surface area contributed by atoms with Crippen LogP contribution < -0.4 is 10.2 Å². The Kier molecular flexibility index (Phi) is 3.72. The van der Waals surface area contributed by atoms with Crippen LogP contribution in [0.25, 0.3) is 0 Å². The van der Waals surface area contributed by atoms with Crippen LogP contribution in [0.4, 0.5) is 5.69 Å². The summed E-state index contributed by atoms with van der Waals surface area (Å²) in [7, 11) is 0. The van der Waals surface area contributed by atoms with Gasteiger partial charge in [-0.1, -0.05) is 13.8 Å². The van der Waals surface area contributed by atoms with E-state index in [4.69, 9.17) is 0 Å². The fraction of sp³-hybridized carbons (Fsp3) is 0.667. The quantitative estimate of drug-likeness (QED) is 0.833. The van der Waals surface area contributed by atoms with Crippen molar-refractivity contribution in [2.75, 3.05) is 24.5 Å². The maximum atomic E-state index is 4.07. The average molecular weight is 220 g/mol. The zero-order valence-electron chi connectivity index (χ0n) is 10.1. The van der Waals surface area contributed by atoms with Gasteiger partial charge in [-0.25, -0.2) is 9.97 Å². The monoisotopic (exact) mass is 220 g/mol. The average Bonchev–Trinajstić information content (AvgIpc) is 2.33. The molecular formula is C12H20N4. The van der Waals surface area contributed by atoms with E-state index in [1.54, 1.807) is 6.33 Å². The summed E-state index contributed by atoms with van der Waals surface area (Å²) in [6.07, 6.45) is 6.57. The van der Waals surface area contributed by atoms with Gasteiger partial charge in [0.05, 0.1) is 18.1 Å². The molecule has 0 amide bonds. The van der Waals surface area contributed by atoms with Gasteiger partial charge in [0.1, 0.15) is 6.33 Å². The van der Waals surface area contributed by atoms with E-state index in [1.165, 1.54) is 6.42 Å². The number of anilines is 1. The van der Waals surface area contributed by atoms with Crippen molar-refractivity contribution < 1.29 is 0 Å². The molecule has 2 atom stereocenters. The molecule has 0 bridgehead atoms. The molecule has 2 rings (SSSR count). The molecule has 1 aromatic rings. The topological polar surface area (TPSA) is 41.0 Å². The second-order valence-electron chi connectivity index (χ2n) is 4.47. The second-order valence-corrected chi connectivity index (χ2v) is 4.47. The van der Waals surface area contributed by atoms with Crippen molar-refractivity contribution in [2.24, 2.45) is 5.92 Å². The van der Waals surface area contributed by atoms with Gasteiger partial charge >= 0.3 is 0 Å². The maximum absolute atomic E-state index is 4.07. The number of rotatable bonds is 3. The molecule has 2 heterocycles. The summed E-state index contributed by atoms with van der Waals surface area (Å²) < 4.78 is 0. The highest BCUT2D eigenvalue weighted by Crippen LogP contribution is 2.21. The first-order valence-corrected chi connectivity index (χ1v) is 6.04. The Morgan fingerprint density at radius 1 is 1.44 bits per heavy atom. The van der Waals surface area contributed by atoms with E-state index >= 15 is 0 Å². The third-order valence-corrected chi connectivity index (χ3v) is 3.28. The first-order valence-electron chi connectivity index (χ1n) is 6.04. The number of aromatic nitrogens is 2. The Morgan fingerprint density at radius 3 is 2.81 bits per heavy atom. The van der Waals surface area contributed by atoms with E-state index in [2.05, 4.69) is 34.0 Å². The molecule has 1 saturated heterocycles. The molecule has 16 heavy (non-hydrogen) atoms. The molecule has 4 nitrogen and oxygen atoms in total. The minimum absolute atomic E-state index is 0.658. The van der Waals surface area contributed by atoms with Crippen molar-refractivity contribution in [1.82, 2.24) is 15.3 Å². The Labute approximate surface area is 97.1 Å². The van der Waals surface area contributed by atoms with Crippen molar-refractivity contribution in [3.05, 3.63) is 18.7 Å². The number of hydrogen-bond donors (Lipinski definition) is 1. The van der Waals surface area contributed by atoms with Gasteiger partial charge in [-0.05, 0) is 18.9 Å². The Balaban J connectivity index is 1.97. The van der Waals surface area contributed by atoms with Crippen molar-refractivity contribution in [2.45, 2.75) is 26.3 Å². The molecule has 1 aromatic heterocycles. The van der Waals surface area contributed by atoms with Crippen LogP contribution in [0.15, 0.2) is 18.7 Å². The van der Waals surface area contributed by atoms with Gasteiger partial charge in [0.2, 0.25) is 0 Å². The third kappa shape index (κ3) is 2.50. The molecule has 1 aliphatic rings. The molecule has 0 aromatic carbocycles. The third-order valence-electron chi connectivity index (χ3n) is 3.28. The SMILES string of the molecule is CCNC1CCN(c2cncnc2)CC1C. The largest absolute Gasteiger partial charge is 0.369 e. The minimum atomic E-state index is 0.658. The van der Waals surface area contributed by atoms with Crippen LogP contribution in [0.2, 0.25) is 0 Å². The van der Waals surface area contributed by atoms with E-state index in [0.717, 1.165) is 25.3 Å². The van der Waals surface area contributed by atoms with E-state index in [1.807, 2.05) is 12.4 Å². The molecule has 1 N–H and O–H groups in total. The molecule has 0 aliphatic carbocycles. The molecule has 2 unspecified atom stereocenters. The van der Waals surface area contributed by atoms with E-state index < -0.39 is 0 Å². The van der Waals surface area contributed by atoms with Crippen LogP contribution in [0.5, 0.6) is 0 Å². The fourth-order valence-electron chi connectivity index (χ4n) is 2.40. The Hall–Kier alpha value is -1.16. The maximum Gasteiger partial charge on any atom is 0.115 e. The number of piperidine rings is 1. The summed E-state index contributed by atoms with van der Waals surface area (Å²) in [6, 6.07) is 0.658. The summed E-state index contributed by atoms with van der Waals surface area (Å²) in [6.45, 7) is 7.72. The molecule has 0 saturated carbocycles. The fourth-order valence-corrected chi connectivity index (χ4v) is 2.40. The van der Waals surface area contributed by atoms with E-state index in [0.29, 0.717) is 12.0 Å². The zero-order chi connectivity index (χ0) is 11.4. The summed E-state index contributed by atoms with van der Waals surface area (Å²) in [5.74, 6) is 0.675. The second kappa shape index (κ2) is 5.25. The van der Waals surface area contributed by atoms with Crippen molar-refractivity contribution in [3.8, 4) is 0 Å². The zero-order valence-corrected chi connectivity index (χ0v) is 10.1. The molecular weight excluding hydrogens is 200 g/mol. The highest BCUT2D eigenvalue weighted by molar-refractivity contribution is 5.42. The van der Waals surface area contributed by atoms with Gasteiger partial charge in [0, 0.05) is 19.1 Å². The lowest BCUT2D eigenvalue weighted by Crippen LogP contribution is -2.48. The van der Waals surface area contributed by atoms with Gasteiger partial charge in [-0.2, -0.15) is 0 Å². The van der Waals surface area contributed by atoms with E-state index in [-0.39, 0.29) is 0 Å². The molecule has 1 aliphatic heterocycles. The van der Waals surface area contributed by atoms with Gasteiger partial charge in [0.25, 0.3) is 0 Å². The number of hydrogen-bond acceptors (Lipinski definition) is 4.